The van der Waals surface area contributed by atoms with E-state index in [0.717, 1.165) is 0 Å². The Labute approximate surface area is 92.8 Å². The van der Waals surface area contributed by atoms with Crippen molar-refractivity contribution in [3.05, 3.63) is 0 Å². The summed E-state index contributed by atoms with van der Waals surface area (Å²) in [5, 5.41) is 4.35. The fourth-order valence-corrected chi connectivity index (χ4v) is 1.92. The lowest BCUT2D eigenvalue weighted by molar-refractivity contribution is -0.122. The number of amides is 2. The van der Waals surface area contributed by atoms with Gasteiger partial charge in [0, 0.05) is 6.04 Å². The highest BCUT2D eigenvalue weighted by Gasteiger charge is 2.65. The molecule has 2 N–H and O–H groups in total. The maximum Gasteiger partial charge on any atom is 0.405 e. The molecule has 0 spiro atoms. The van der Waals surface area contributed by atoms with Crippen LogP contribution >= 0.6 is 0 Å². The SMILES string of the molecule is CC1(C)C(NC(=O)NCC(F)(F)F)C1(C)C. The smallest absolute Gasteiger partial charge is 0.334 e. The minimum absolute atomic E-state index is 0.0808. The lowest BCUT2D eigenvalue weighted by Crippen LogP contribution is -2.43. The van der Waals surface area contributed by atoms with Crippen molar-refractivity contribution in [1.29, 1.82) is 0 Å². The van der Waals surface area contributed by atoms with Gasteiger partial charge in [-0.2, -0.15) is 13.2 Å². The van der Waals surface area contributed by atoms with Crippen molar-refractivity contribution in [3.8, 4) is 0 Å². The molecule has 3 nitrogen and oxygen atoms in total. The monoisotopic (exact) mass is 238 g/mol. The first-order chi connectivity index (χ1) is 6.98. The summed E-state index contributed by atoms with van der Waals surface area (Å²) in [7, 11) is 0. The number of halogens is 3. The quantitative estimate of drug-likeness (QED) is 0.761. The van der Waals surface area contributed by atoms with Crippen molar-refractivity contribution in [2.24, 2.45) is 10.8 Å². The molecule has 0 unspecified atom stereocenters. The zero-order chi connectivity index (χ0) is 12.8. The van der Waals surface area contributed by atoms with Gasteiger partial charge < -0.3 is 10.6 Å². The van der Waals surface area contributed by atoms with Gasteiger partial charge in [0.15, 0.2) is 0 Å². The minimum atomic E-state index is -4.37. The summed E-state index contributed by atoms with van der Waals surface area (Å²) in [5.41, 5.74) is -0.162. The number of alkyl halides is 3. The highest BCUT2D eigenvalue weighted by molar-refractivity contribution is 5.75. The third-order valence-electron chi connectivity index (χ3n) is 3.75. The molecule has 94 valence electrons. The number of urea groups is 1. The third kappa shape index (κ3) is 2.41. The van der Waals surface area contributed by atoms with E-state index in [-0.39, 0.29) is 16.9 Å². The normalized spacial score (nSPS) is 22.7. The van der Waals surface area contributed by atoms with E-state index >= 15 is 0 Å². The van der Waals surface area contributed by atoms with Gasteiger partial charge in [-0.05, 0) is 10.8 Å². The van der Waals surface area contributed by atoms with Gasteiger partial charge in [0.1, 0.15) is 6.54 Å². The summed E-state index contributed by atoms with van der Waals surface area (Å²) in [5.74, 6) is 0. The van der Waals surface area contributed by atoms with Crippen LogP contribution < -0.4 is 10.6 Å². The molecular weight excluding hydrogens is 221 g/mol. The molecule has 0 bridgehead atoms. The number of carbonyl (C=O) groups is 1. The second-order valence-electron chi connectivity index (χ2n) is 5.32. The molecule has 0 aliphatic heterocycles. The molecule has 0 aromatic heterocycles. The van der Waals surface area contributed by atoms with Gasteiger partial charge in [0.05, 0.1) is 0 Å². The van der Waals surface area contributed by atoms with E-state index in [1.165, 1.54) is 0 Å². The number of nitrogens with one attached hydrogen (secondary N) is 2. The average molecular weight is 238 g/mol. The number of hydrogen-bond acceptors (Lipinski definition) is 1. The van der Waals surface area contributed by atoms with Crippen molar-refractivity contribution in [3.63, 3.8) is 0 Å². The molecule has 0 aromatic rings. The maximum absolute atomic E-state index is 11.8. The molecule has 1 rings (SSSR count). The summed E-state index contributed by atoms with van der Waals surface area (Å²) < 4.78 is 35.5. The number of rotatable bonds is 2. The molecule has 0 atom stereocenters. The van der Waals surface area contributed by atoms with E-state index in [9.17, 15) is 18.0 Å². The average Bonchev–Trinajstić information content (AvgIpc) is 2.43. The predicted octanol–water partition coefficient (Wildman–Crippen LogP) is 2.28. The van der Waals surface area contributed by atoms with Crippen LogP contribution in [0.3, 0.4) is 0 Å². The third-order valence-corrected chi connectivity index (χ3v) is 3.75. The van der Waals surface area contributed by atoms with Crippen molar-refractivity contribution in [2.45, 2.75) is 39.9 Å². The van der Waals surface area contributed by atoms with Crippen LogP contribution in [0, 0.1) is 10.8 Å². The molecule has 16 heavy (non-hydrogen) atoms. The van der Waals surface area contributed by atoms with Crippen molar-refractivity contribution in [2.75, 3.05) is 6.54 Å². The van der Waals surface area contributed by atoms with Crippen LogP contribution in [0.2, 0.25) is 0 Å². The summed E-state index contributed by atoms with van der Waals surface area (Å²) in [6, 6.07) is -0.853. The highest BCUT2D eigenvalue weighted by atomic mass is 19.4. The standard InChI is InChI=1S/C10H17F3N2O/c1-8(2)6(9(8,3)4)15-7(16)14-5-10(11,12)13/h6H,5H2,1-4H3,(H2,14,15,16). The van der Waals surface area contributed by atoms with Gasteiger partial charge in [-0.1, -0.05) is 27.7 Å². The maximum atomic E-state index is 11.8. The Morgan fingerprint density at radius 1 is 1.19 bits per heavy atom. The predicted molar refractivity (Wildman–Crippen MR) is 53.9 cm³/mol. The Hall–Kier alpha value is -0.940. The molecule has 1 aliphatic rings. The largest absolute Gasteiger partial charge is 0.405 e. The summed E-state index contributed by atoms with van der Waals surface area (Å²) in [6.45, 7) is 6.60. The first-order valence-corrected chi connectivity index (χ1v) is 5.09. The van der Waals surface area contributed by atoms with Gasteiger partial charge in [0.2, 0.25) is 0 Å². The second kappa shape index (κ2) is 3.53. The van der Waals surface area contributed by atoms with Gasteiger partial charge in [0.25, 0.3) is 0 Å². The Kier molecular flexibility index (Phi) is 2.90. The molecule has 1 saturated carbocycles. The van der Waals surface area contributed by atoms with Crippen LogP contribution in [0.5, 0.6) is 0 Å². The van der Waals surface area contributed by atoms with Gasteiger partial charge in [-0.15, -0.1) is 0 Å². The Morgan fingerprint density at radius 3 is 1.94 bits per heavy atom. The van der Waals surface area contributed by atoms with E-state index in [2.05, 4.69) is 5.32 Å². The lowest BCUT2D eigenvalue weighted by atomic mass is 10.0. The minimum Gasteiger partial charge on any atom is -0.334 e. The van der Waals surface area contributed by atoms with Gasteiger partial charge >= 0.3 is 12.2 Å². The molecule has 6 heteroatoms. The molecule has 1 aliphatic carbocycles. The molecule has 0 heterocycles. The van der Waals surface area contributed by atoms with Crippen molar-refractivity contribution >= 4 is 6.03 Å². The molecular formula is C10H17F3N2O. The van der Waals surface area contributed by atoms with E-state index in [1.807, 2.05) is 27.7 Å². The van der Waals surface area contributed by atoms with Crippen LogP contribution in [-0.4, -0.2) is 24.8 Å². The fraction of sp³-hybridized carbons (Fsp3) is 0.900. The molecule has 0 radical (unpaired) electrons. The lowest BCUT2D eigenvalue weighted by Gasteiger charge is -2.10. The van der Waals surface area contributed by atoms with E-state index in [4.69, 9.17) is 0 Å². The zero-order valence-corrected chi connectivity index (χ0v) is 9.83. The summed E-state index contributed by atoms with van der Waals surface area (Å²) in [4.78, 5) is 11.2. The zero-order valence-electron chi connectivity index (χ0n) is 9.83. The summed E-state index contributed by atoms with van der Waals surface area (Å²) >= 11 is 0. The fourth-order valence-electron chi connectivity index (χ4n) is 1.92. The van der Waals surface area contributed by atoms with Gasteiger partial charge in [-0.25, -0.2) is 4.79 Å². The van der Waals surface area contributed by atoms with E-state index in [0.29, 0.717) is 0 Å². The van der Waals surface area contributed by atoms with Crippen LogP contribution in [0.1, 0.15) is 27.7 Å². The van der Waals surface area contributed by atoms with Crippen LogP contribution in [0.4, 0.5) is 18.0 Å². The Bertz CT molecular complexity index is 283. The Morgan fingerprint density at radius 2 is 1.62 bits per heavy atom. The highest BCUT2D eigenvalue weighted by Crippen LogP contribution is 2.62. The molecule has 2 amide bonds. The van der Waals surface area contributed by atoms with Crippen LogP contribution in [-0.2, 0) is 0 Å². The van der Waals surface area contributed by atoms with Crippen LogP contribution in [0.25, 0.3) is 0 Å². The molecule has 0 saturated heterocycles. The van der Waals surface area contributed by atoms with Crippen molar-refractivity contribution in [1.82, 2.24) is 10.6 Å². The summed E-state index contributed by atoms with van der Waals surface area (Å²) in [6.07, 6.45) is -4.37. The molecule has 0 aromatic carbocycles. The van der Waals surface area contributed by atoms with Gasteiger partial charge in [-0.3, -0.25) is 0 Å². The second-order valence-corrected chi connectivity index (χ2v) is 5.32. The van der Waals surface area contributed by atoms with E-state index in [1.54, 1.807) is 5.32 Å². The van der Waals surface area contributed by atoms with E-state index < -0.39 is 18.8 Å². The van der Waals surface area contributed by atoms with Crippen molar-refractivity contribution < 1.29 is 18.0 Å². The first-order valence-electron chi connectivity index (χ1n) is 5.09. The number of hydrogen-bond donors (Lipinski definition) is 2. The first kappa shape index (κ1) is 13.1. The number of carbonyl (C=O) groups excluding carboxylic acids is 1. The molecule has 1 fully saturated rings. The topological polar surface area (TPSA) is 41.1 Å². The Balaban J connectivity index is 2.38. The van der Waals surface area contributed by atoms with Crippen LogP contribution in [0.15, 0.2) is 0 Å².